The molecule has 1 amide bonds. The number of ether oxygens (including phenoxy) is 1. The lowest BCUT2D eigenvalue weighted by Gasteiger charge is -2.16. The van der Waals surface area contributed by atoms with Crippen LogP contribution in [0.1, 0.15) is 6.92 Å². The smallest absolute Gasteiger partial charge is 0.304 e. The van der Waals surface area contributed by atoms with Gasteiger partial charge in [0.15, 0.2) is 6.73 Å². The van der Waals surface area contributed by atoms with Crippen LogP contribution in [0.15, 0.2) is 12.4 Å². The molecule has 0 saturated heterocycles. The van der Waals surface area contributed by atoms with Crippen molar-refractivity contribution in [3.05, 3.63) is 12.4 Å². The Balaban J connectivity index is 2.25. The van der Waals surface area contributed by atoms with Crippen LogP contribution < -0.4 is 0 Å². The van der Waals surface area contributed by atoms with Crippen LogP contribution in [0.3, 0.4) is 0 Å². The molecule has 1 aliphatic rings. The van der Waals surface area contributed by atoms with Gasteiger partial charge in [-0.25, -0.2) is 0 Å². The zero-order valence-corrected chi connectivity index (χ0v) is 6.77. The van der Waals surface area contributed by atoms with Crippen LogP contribution in [0.4, 0.5) is 0 Å². The fraction of sp³-hybridized carbons (Fsp3) is 0.429. The van der Waals surface area contributed by atoms with Crippen LogP contribution in [-0.4, -0.2) is 35.6 Å². The summed E-state index contributed by atoms with van der Waals surface area (Å²) in [5, 5.41) is 0. The molecule has 0 atom stereocenters. The van der Waals surface area contributed by atoms with Crippen molar-refractivity contribution in [3.8, 4) is 0 Å². The van der Waals surface area contributed by atoms with Crippen LogP contribution in [0.5, 0.6) is 0 Å². The third-order valence-electron chi connectivity index (χ3n) is 1.38. The molecule has 0 saturated carbocycles. The normalized spacial score (nSPS) is 15.1. The molecule has 0 unspecified atom stereocenters. The zero-order chi connectivity index (χ0) is 8.97. The maximum atomic E-state index is 10.4. The summed E-state index contributed by atoms with van der Waals surface area (Å²) in [5.74, 6) is -0.326. The molecular weight excluding hydrogens is 160 g/mol. The number of hydrogen-bond donors (Lipinski definition) is 0. The van der Waals surface area contributed by atoms with Crippen molar-refractivity contribution < 1.29 is 14.3 Å². The minimum absolute atomic E-state index is 0.191. The molecule has 0 bridgehead atoms. The number of carbonyl (C=O) groups is 2. The van der Waals surface area contributed by atoms with Crippen molar-refractivity contribution in [2.75, 3.05) is 13.4 Å². The molecule has 0 spiro atoms. The predicted molar refractivity (Wildman–Crippen MR) is 40.4 cm³/mol. The quantitative estimate of drug-likeness (QED) is 0.431. The Bertz CT molecular complexity index is 215. The van der Waals surface area contributed by atoms with Gasteiger partial charge in [0.1, 0.15) is 0 Å². The third-order valence-corrected chi connectivity index (χ3v) is 1.38. The van der Waals surface area contributed by atoms with E-state index in [9.17, 15) is 9.59 Å². The highest BCUT2D eigenvalue weighted by Gasteiger charge is 2.10. The van der Waals surface area contributed by atoms with Crippen molar-refractivity contribution in [1.29, 1.82) is 0 Å². The van der Waals surface area contributed by atoms with Crippen LogP contribution in [0.25, 0.3) is 0 Å². The van der Waals surface area contributed by atoms with E-state index in [1.165, 1.54) is 11.8 Å². The predicted octanol–water partition coefficient (Wildman–Crippen LogP) is -0.290. The third kappa shape index (κ3) is 2.26. The van der Waals surface area contributed by atoms with Gasteiger partial charge in [0, 0.05) is 19.3 Å². The molecular formula is C7H10N2O3. The topological polar surface area (TPSA) is 49.9 Å². The Kier molecular flexibility index (Phi) is 2.68. The van der Waals surface area contributed by atoms with Gasteiger partial charge in [0.2, 0.25) is 6.41 Å². The van der Waals surface area contributed by atoms with Gasteiger partial charge >= 0.3 is 5.97 Å². The molecule has 0 fully saturated rings. The summed E-state index contributed by atoms with van der Waals surface area (Å²) in [5.41, 5.74) is 0. The molecule has 0 aromatic carbocycles. The summed E-state index contributed by atoms with van der Waals surface area (Å²) in [6.07, 6.45) is 4.03. The lowest BCUT2D eigenvalue weighted by molar-refractivity contribution is -0.144. The minimum Gasteiger partial charge on any atom is -0.444 e. The van der Waals surface area contributed by atoms with Crippen LogP contribution in [0, 0.1) is 0 Å². The highest BCUT2D eigenvalue weighted by Crippen LogP contribution is 2.03. The second kappa shape index (κ2) is 3.75. The van der Waals surface area contributed by atoms with Crippen molar-refractivity contribution in [2.24, 2.45) is 0 Å². The molecule has 0 aliphatic carbocycles. The van der Waals surface area contributed by atoms with E-state index in [0.717, 1.165) is 0 Å². The summed E-state index contributed by atoms with van der Waals surface area (Å²) in [4.78, 5) is 23.8. The first kappa shape index (κ1) is 8.58. The maximum Gasteiger partial charge on any atom is 0.304 e. The van der Waals surface area contributed by atoms with Crippen LogP contribution >= 0.6 is 0 Å². The van der Waals surface area contributed by atoms with E-state index in [1.54, 1.807) is 17.3 Å². The summed E-state index contributed by atoms with van der Waals surface area (Å²) >= 11 is 0. The highest BCUT2D eigenvalue weighted by atomic mass is 16.5. The Hall–Kier alpha value is -1.52. The number of esters is 1. The van der Waals surface area contributed by atoms with Crippen molar-refractivity contribution in [3.63, 3.8) is 0 Å². The van der Waals surface area contributed by atoms with Crippen LogP contribution in [0.2, 0.25) is 0 Å². The second-order valence-corrected chi connectivity index (χ2v) is 2.41. The molecule has 1 heterocycles. The number of hydrogen-bond acceptors (Lipinski definition) is 4. The largest absolute Gasteiger partial charge is 0.444 e. The number of rotatable bonds is 3. The van der Waals surface area contributed by atoms with Gasteiger partial charge in [0.05, 0.1) is 6.67 Å². The van der Waals surface area contributed by atoms with E-state index >= 15 is 0 Å². The molecule has 0 N–H and O–H groups in total. The van der Waals surface area contributed by atoms with E-state index in [4.69, 9.17) is 4.74 Å². The SMILES string of the molecule is CC(=O)OCN1C=CN(C=O)C1. The first-order valence-electron chi connectivity index (χ1n) is 3.49. The molecule has 0 radical (unpaired) electrons. The van der Waals surface area contributed by atoms with E-state index in [1.807, 2.05) is 0 Å². The Morgan fingerprint density at radius 3 is 2.92 bits per heavy atom. The molecule has 5 nitrogen and oxygen atoms in total. The number of carbonyl (C=O) groups excluding carboxylic acids is 2. The number of nitrogens with zero attached hydrogens (tertiary/aromatic N) is 2. The van der Waals surface area contributed by atoms with Gasteiger partial charge in [-0.15, -0.1) is 0 Å². The fourth-order valence-corrected chi connectivity index (χ4v) is 0.810. The zero-order valence-electron chi connectivity index (χ0n) is 6.77. The average Bonchev–Trinajstić information content (AvgIpc) is 2.48. The fourth-order valence-electron chi connectivity index (χ4n) is 0.810. The Morgan fingerprint density at radius 1 is 1.67 bits per heavy atom. The van der Waals surface area contributed by atoms with Gasteiger partial charge in [-0.05, 0) is 0 Å². The molecule has 0 aromatic rings. The molecule has 12 heavy (non-hydrogen) atoms. The second-order valence-electron chi connectivity index (χ2n) is 2.41. The summed E-state index contributed by atoms with van der Waals surface area (Å²) in [6, 6.07) is 0. The van der Waals surface area contributed by atoms with Gasteiger partial charge < -0.3 is 14.5 Å². The monoisotopic (exact) mass is 170 g/mol. The Morgan fingerprint density at radius 2 is 2.42 bits per heavy atom. The minimum atomic E-state index is -0.326. The van der Waals surface area contributed by atoms with E-state index in [2.05, 4.69) is 0 Å². The molecule has 0 aromatic heterocycles. The molecule has 1 aliphatic heterocycles. The summed E-state index contributed by atoms with van der Waals surface area (Å²) in [6.45, 7) is 1.98. The van der Waals surface area contributed by atoms with Crippen molar-refractivity contribution in [1.82, 2.24) is 9.80 Å². The number of amides is 1. The lowest BCUT2D eigenvalue weighted by Crippen LogP contribution is -2.27. The van der Waals surface area contributed by atoms with Crippen molar-refractivity contribution in [2.45, 2.75) is 6.92 Å². The maximum absolute atomic E-state index is 10.4. The summed E-state index contributed by atoms with van der Waals surface area (Å²) < 4.78 is 4.71. The first-order chi connectivity index (χ1) is 5.72. The van der Waals surface area contributed by atoms with Gasteiger partial charge in [-0.3, -0.25) is 9.59 Å². The van der Waals surface area contributed by atoms with E-state index < -0.39 is 0 Å². The van der Waals surface area contributed by atoms with Gasteiger partial charge in [-0.2, -0.15) is 0 Å². The van der Waals surface area contributed by atoms with E-state index in [0.29, 0.717) is 13.1 Å². The standard InChI is InChI=1S/C7H10N2O3/c1-7(11)12-6-9-3-2-8(4-9)5-10/h2-3,5H,4,6H2,1H3. The highest BCUT2D eigenvalue weighted by molar-refractivity contribution is 5.65. The lowest BCUT2D eigenvalue weighted by atomic mass is 10.8. The first-order valence-corrected chi connectivity index (χ1v) is 3.49. The molecule has 1 rings (SSSR count). The molecule has 5 heteroatoms. The van der Waals surface area contributed by atoms with E-state index in [-0.39, 0.29) is 12.7 Å². The average molecular weight is 170 g/mol. The Labute approximate surface area is 70.2 Å². The van der Waals surface area contributed by atoms with Crippen molar-refractivity contribution >= 4 is 12.4 Å². The molecule has 66 valence electrons. The van der Waals surface area contributed by atoms with Crippen LogP contribution in [-0.2, 0) is 14.3 Å². The van der Waals surface area contributed by atoms with Gasteiger partial charge in [-0.1, -0.05) is 0 Å². The summed E-state index contributed by atoms with van der Waals surface area (Å²) in [7, 11) is 0. The van der Waals surface area contributed by atoms with Gasteiger partial charge in [0.25, 0.3) is 0 Å².